The number of hydrogen-bond acceptors (Lipinski definition) is 0. The van der Waals surface area contributed by atoms with E-state index in [1.54, 1.807) is 0 Å². The van der Waals surface area contributed by atoms with Crippen molar-refractivity contribution in [1.82, 2.24) is 0 Å². The molecule has 0 amide bonds. The van der Waals surface area contributed by atoms with Crippen molar-refractivity contribution in [2.24, 2.45) is 0 Å². The topological polar surface area (TPSA) is 0 Å². The Labute approximate surface area is 131 Å². The van der Waals surface area contributed by atoms with Crippen LogP contribution in [-0.2, 0) is 32.7 Å². The predicted octanol–water partition coefficient (Wildman–Crippen LogP) is -24.0. The molecule has 0 atom stereocenters. The molecule has 0 aromatic rings. The molecular formula is F7NaTbY. The molecular weight excluding hydrogens is 404 g/mol. The Kier molecular flexibility index (Phi) is 3650. The van der Waals surface area contributed by atoms with Crippen LogP contribution in [0.1, 0.15) is 0 Å². The predicted molar refractivity (Wildman–Crippen MR) is 0 cm³/mol. The smallest absolute Gasteiger partial charge is 1.00 e. The molecule has 10 heteroatoms. The van der Waals surface area contributed by atoms with Gasteiger partial charge in [0.1, 0.15) is 0 Å². The molecule has 0 heterocycles. The van der Waals surface area contributed by atoms with Crippen LogP contribution in [0.2, 0.25) is 0 Å². The minimum Gasteiger partial charge on any atom is -1.00 e. The Balaban J connectivity index is 0. The van der Waals surface area contributed by atoms with E-state index in [9.17, 15) is 0 Å². The van der Waals surface area contributed by atoms with Crippen molar-refractivity contribution in [2.75, 3.05) is 0 Å². The van der Waals surface area contributed by atoms with Gasteiger partial charge in [0.15, 0.2) is 0 Å². The molecule has 0 saturated carbocycles. The van der Waals surface area contributed by atoms with Crippen LogP contribution < -0.4 is 62.5 Å². The van der Waals surface area contributed by atoms with E-state index in [4.69, 9.17) is 0 Å². The van der Waals surface area contributed by atoms with E-state index in [1.165, 1.54) is 0 Å². The summed E-state index contributed by atoms with van der Waals surface area (Å²) in [5.41, 5.74) is 0. The van der Waals surface area contributed by atoms with Crippen LogP contribution in [0.4, 0.5) is 0 Å². The molecule has 0 aliphatic rings. The van der Waals surface area contributed by atoms with Gasteiger partial charge in [-0.1, -0.05) is 0 Å². The molecule has 0 unspecified atom stereocenters. The number of halogens is 7. The van der Waals surface area contributed by atoms with Crippen molar-refractivity contribution in [3.05, 3.63) is 0 Å². The maximum Gasteiger partial charge on any atom is 3.00 e. The monoisotopic (exact) mass is 404 g/mol. The normalized spacial score (nSPS) is 0. The fraction of sp³-hybridized carbons (Fsp3) is 0. The molecule has 0 aliphatic carbocycles. The zero-order valence-corrected chi connectivity index (χ0v) is 11.5. The first-order valence-corrected chi connectivity index (χ1v) is 0. The zero-order chi connectivity index (χ0) is 0. The summed E-state index contributed by atoms with van der Waals surface area (Å²) in [6.45, 7) is 0. The van der Waals surface area contributed by atoms with Gasteiger partial charge in [-0.3, -0.25) is 0 Å². The van der Waals surface area contributed by atoms with Crippen LogP contribution in [0.15, 0.2) is 0 Å². The van der Waals surface area contributed by atoms with E-state index < -0.39 is 0 Å². The van der Waals surface area contributed by atoms with Crippen LogP contribution in [0, 0.1) is 38.6 Å². The molecule has 0 bridgehead atoms. The first-order chi connectivity index (χ1) is 0. The average molecular weight is 404 g/mol. The van der Waals surface area contributed by atoms with Crippen molar-refractivity contribution >= 4 is 0 Å². The van der Waals surface area contributed by atoms with E-state index in [2.05, 4.69) is 0 Å². The van der Waals surface area contributed by atoms with E-state index in [-0.39, 0.29) is 134 Å². The summed E-state index contributed by atoms with van der Waals surface area (Å²) in [7, 11) is 0. The standard InChI is InChI=1S/7FH.Na.Tb.Y/h7*1H;;;/q;;;;;;;+1;2*+3/p-7. The maximum absolute atomic E-state index is 0. The molecule has 10 heavy (non-hydrogen) atoms. The van der Waals surface area contributed by atoms with Gasteiger partial charge >= 0.3 is 101 Å². The SMILES string of the molecule is [F-].[F-].[F-].[F-].[F-].[F-].[F-].[Na+].[Tb+3].[Y+3]. The third-order valence-electron chi connectivity index (χ3n) is 0. The van der Waals surface area contributed by atoms with Crippen LogP contribution in [0.25, 0.3) is 0 Å². The third kappa shape index (κ3) is 127. The molecule has 0 saturated heterocycles. The van der Waals surface area contributed by atoms with E-state index >= 15 is 0 Å². The van der Waals surface area contributed by atoms with Gasteiger partial charge in [0.05, 0.1) is 0 Å². The first-order valence-electron chi connectivity index (χ1n) is 0. The second-order valence-electron chi connectivity index (χ2n) is 0. The van der Waals surface area contributed by atoms with Gasteiger partial charge in [0, 0.05) is 0 Å². The van der Waals surface area contributed by atoms with Crippen molar-refractivity contribution in [3.63, 3.8) is 0 Å². The average Bonchev–Trinajstić information content (AvgIpc) is 0. The minimum atomic E-state index is 0. The summed E-state index contributed by atoms with van der Waals surface area (Å²) in [5, 5.41) is 0. The van der Waals surface area contributed by atoms with Gasteiger partial charge in [-0.15, -0.1) is 0 Å². The maximum atomic E-state index is 0. The molecule has 0 fully saturated rings. The summed E-state index contributed by atoms with van der Waals surface area (Å²) in [5.74, 6) is 0. The number of hydrogen-bond donors (Lipinski definition) is 0. The molecule has 0 nitrogen and oxygen atoms in total. The van der Waals surface area contributed by atoms with Gasteiger partial charge in [0.2, 0.25) is 0 Å². The Morgan fingerprint density at radius 1 is 0.400 bits per heavy atom. The van der Waals surface area contributed by atoms with Crippen molar-refractivity contribution < 1.29 is 134 Å². The van der Waals surface area contributed by atoms with Gasteiger partial charge in [-0.05, 0) is 0 Å². The third-order valence-corrected chi connectivity index (χ3v) is 0. The van der Waals surface area contributed by atoms with Crippen LogP contribution in [0.3, 0.4) is 0 Å². The molecule has 0 rings (SSSR count). The molecule has 0 N–H and O–H groups in total. The van der Waals surface area contributed by atoms with E-state index in [0.717, 1.165) is 0 Å². The van der Waals surface area contributed by atoms with Crippen molar-refractivity contribution in [3.8, 4) is 0 Å². The fourth-order valence-corrected chi connectivity index (χ4v) is 0. The van der Waals surface area contributed by atoms with Crippen LogP contribution in [0.5, 0.6) is 0 Å². The van der Waals surface area contributed by atoms with Crippen molar-refractivity contribution in [2.45, 2.75) is 0 Å². The largest absolute Gasteiger partial charge is 3.00 e. The molecule has 0 aromatic heterocycles. The zero-order valence-electron chi connectivity index (χ0n) is 4.56. The summed E-state index contributed by atoms with van der Waals surface area (Å²) in [6.07, 6.45) is 0. The summed E-state index contributed by atoms with van der Waals surface area (Å²) < 4.78 is 0. The Morgan fingerprint density at radius 2 is 0.400 bits per heavy atom. The van der Waals surface area contributed by atoms with Gasteiger partial charge in [-0.25, -0.2) is 0 Å². The minimum absolute atomic E-state index is 0. The summed E-state index contributed by atoms with van der Waals surface area (Å²) in [4.78, 5) is 0. The van der Waals surface area contributed by atoms with Crippen molar-refractivity contribution in [1.29, 1.82) is 0 Å². The molecule has 0 spiro atoms. The number of rotatable bonds is 0. The first kappa shape index (κ1) is 217. The second kappa shape index (κ2) is 168. The molecule has 0 aromatic carbocycles. The van der Waals surface area contributed by atoms with Gasteiger partial charge in [-0.2, -0.15) is 0 Å². The van der Waals surface area contributed by atoms with Gasteiger partial charge < -0.3 is 32.9 Å². The Bertz CT molecular complexity index is 13.6. The summed E-state index contributed by atoms with van der Waals surface area (Å²) in [6, 6.07) is 0. The van der Waals surface area contributed by atoms with Crippen LogP contribution in [-0.4, -0.2) is 0 Å². The van der Waals surface area contributed by atoms with E-state index in [1.807, 2.05) is 0 Å². The van der Waals surface area contributed by atoms with E-state index in [0.29, 0.717) is 0 Å². The summed E-state index contributed by atoms with van der Waals surface area (Å²) >= 11 is 0. The quantitative estimate of drug-likeness (QED) is 0.278. The Morgan fingerprint density at radius 3 is 0.400 bits per heavy atom. The Hall–Kier alpha value is 2.90. The van der Waals surface area contributed by atoms with Crippen LogP contribution >= 0.6 is 0 Å². The molecule has 0 radical (unpaired) electrons. The molecule has 0 aliphatic heterocycles. The second-order valence-corrected chi connectivity index (χ2v) is 0. The fourth-order valence-electron chi connectivity index (χ4n) is 0. The molecule has 62 valence electrons. The van der Waals surface area contributed by atoms with Gasteiger partial charge in [0.25, 0.3) is 0 Å².